The van der Waals surface area contributed by atoms with E-state index in [1.54, 1.807) is 7.11 Å². The Morgan fingerprint density at radius 3 is 2.60 bits per heavy atom. The number of hydrogen-bond acceptors (Lipinski definition) is 5. The van der Waals surface area contributed by atoms with Gasteiger partial charge in [-0.15, -0.1) is 12.4 Å². The van der Waals surface area contributed by atoms with Crippen LogP contribution in [0.15, 0.2) is 24.3 Å². The first-order valence-corrected chi connectivity index (χ1v) is 10.3. The van der Waals surface area contributed by atoms with Crippen molar-refractivity contribution < 1.29 is 17.9 Å². The fourth-order valence-electron chi connectivity index (χ4n) is 3.48. The van der Waals surface area contributed by atoms with Crippen molar-refractivity contribution in [2.75, 3.05) is 39.6 Å². The standard InChI is InChI=1S/C17H26N2O4S.ClH/c1-22-14-4-3-5-15(10-14)23-9-8-19-11-16(13-6-7-13)17(12-19)18-24(2,20)21;/h3-5,10,13,16-18H,6-9,11-12H2,1-2H3;1H/t16-,17+;/m1./s1. The van der Waals surface area contributed by atoms with E-state index >= 15 is 0 Å². The summed E-state index contributed by atoms with van der Waals surface area (Å²) in [5, 5.41) is 0. The number of benzene rings is 1. The summed E-state index contributed by atoms with van der Waals surface area (Å²) in [7, 11) is -1.53. The largest absolute Gasteiger partial charge is 0.497 e. The molecule has 1 saturated carbocycles. The van der Waals surface area contributed by atoms with Gasteiger partial charge < -0.3 is 9.47 Å². The molecule has 0 amide bonds. The van der Waals surface area contributed by atoms with Gasteiger partial charge in [0.15, 0.2) is 0 Å². The first kappa shape index (κ1) is 20.3. The third kappa shape index (κ3) is 6.02. The average Bonchev–Trinajstić information content (AvgIpc) is 3.29. The van der Waals surface area contributed by atoms with Crippen LogP contribution >= 0.6 is 12.4 Å². The Bertz CT molecular complexity index is 666. The SMILES string of the molecule is COc1cccc(OCCN2C[C@H](NS(C)(=O)=O)[C@@H](C3CC3)C2)c1.Cl. The molecule has 1 heterocycles. The fourth-order valence-corrected chi connectivity index (χ4v) is 4.28. The molecule has 142 valence electrons. The Kier molecular flexibility index (Phi) is 6.96. The van der Waals surface area contributed by atoms with Crippen molar-refractivity contribution in [3.05, 3.63) is 24.3 Å². The van der Waals surface area contributed by atoms with E-state index in [1.165, 1.54) is 19.1 Å². The first-order valence-electron chi connectivity index (χ1n) is 8.41. The molecular weight excluding hydrogens is 364 g/mol. The van der Waals surface area contributed by atoms with Gasteiger partial charge in [0.1, 0.15) is 18.1 Å². The number of methoxy groups -OCH3 is 1. The summed E-state index contributed by atoms with van der Waals surface area (Å²) >= 11 is 0. The second-order valence-corrected chi connectivity index (χ2v) is 8.56. The van der Waals surface area contributed by atoms with Crippen LogP contribution in [0.5, 0.6) is 11.5 Å². The summed E-state index contributed by atoms with van der Waals surface area (Å²) in [6.07, 6.45) is 3.69. The summed E-state index contributed by atoms with van der Waals surface area (Å²) in [4.78, 5) is 2.30. The zero-order valence-corrected chi connectivity index (χ0v) is 16.3. The van der Waals surface area contributed by atoms with Gasteiger partial charge in [-0.3, -0.25) is 4.90 Å². The van der Waals surface area contributed by atoms with Crippen LogP contribution < -0.4 is 14.2 Å². The van der Waals surface area contributed by atoms with E-state index in [1.807, 2.05) is 24.3 Å². The van der Waals surface area contributed by atoms with Crippen molar-refractivity contribution in [1.29, 1.82) is 0 Å². The Labute approximate surface area is 156 Å². The number of sulfonamides is 1. The Morgan fingerprint density at radius 1 is 1.24 bits per heavy atom. The van der Waals surface area contributed by atoms with Crippen molar-refractivity contribution in [3.63, 3.8) is 0 Å². The van der Waals surface area contributed by atoms with Crippen LogP contribution in [0.3, 0.4) is 0 Å². The average molecular weight is 391 g/mol. The number of likely N-dealkylation sites (tertiary alicyclic amines) is 1. The number of nitrogens with one attached hydrogen (secondary N) is 1. The van der Waals surface area contributed by atoms with Crippen LogP contribution in [0.1, 0.15) is 12.8 Å². The van der Waals surface area contributed by atoms with Gasteiger partial charge in [-0.2, -0.15) is 0 Å². The minimum atomic E-state index is -3.16. The van der Waals surface area contributed by atoms with Crippen molar-refractivity contribution in [1.82, 2.24) is 9.62 Å². The van der Waals surface area contributed by atoms with Gasteiger partial charge in [-0.05, 0) is 36.8 Å². The molecule has 0 spiro atoms. The minimum Gasteiger partial charge on any atom is -0.497 e. The molecule has 1 aromatic carbocycles. The monoisotopic (exact) mass is 390 g/mol. The lowest BCUT2D eigenvalue weighted by Crippen LogP contribution is -2.40. The maximum Gasteiger partial charge on any atom is 0.209 e. The molecule has 8 heteroatoms. The zero-order chi connectivity index (χ0) is 17.2. The Balaban J connectivity index is 0.00000225. The van der Waals surface area contributed by atoms with E-state index in [9.17, 15) is 8.42 Å². The second-order valence-electron chi connectivity index (χ2n) is 6.78. The van der Waals surface area contributed by atoms with Crippen LogP contribution in [0, 0.1) is 11.8 Å². The van der Waals surface area contributed by atoms with Crippen molar-refractivity contribution in [3.8, 4) is 11.5 Å². The lowest BCUT2D eigenvalue weighted by molar-refractivity contribution is 0.230. The van der Waals surface area contributed by atoms with Gasteiger partial charge in [0.2, 0.25) is 10.0 Å². The van der Waals surface area contributed by atoms with Crippen molar-refractivity contribution in [2.24, 2.45) is 11.8 Å². The summed E-state index contributed by atoms with van der Waals surface area (Å²) in [6, 6.07) is 7.59. The minimum absolute atomic E-state index is 0. The predicted octanol–water partition coefficient (Wildman–Crippen LogP) is 1.76. The van der Waals surface area contributed by atoms with Crippen LogP contribution in [0.2, 0.25) is 0 Å². The van der Waals surface area contributed by atoms with Gasteiger partial charge in [-0.1, -0.05) is 6.07 Å². The van der Waals surface area contributed by atoms with Gasteiger partial charge in [0.25, 0.3) is 0 Å². The number of hydrogen-bond donors (Lipinski definition) is 1. The van der Waals surface area contributed by atoms with Gasteiger partial charge in [0, 0.05) is 31.7 Å². The zero-order valence-electron chi connectivity index (χ0n) is 14.7. The van der Waals surface area contributed by atoms with Crippen LogP contribution in [0.25, 0.3) is 0 Å². The van der Waals surface area contributed by atoms with Gasteiger partial charge in [-0.25, -0.2) is 13.1 Å². The molecule has 1 aromatic rings. The lowest BCUT2D eigenvalue weighted by Gasteiger charge is -2.17. The van der Waals surface area contributed by atoms with Crippen molar-refractivity contribution in [2.45, 2.75) is 18.9 Å². The summed E-state index contributed by atoms with van der Waals surface area (Å²) in [5.74, 6) is 2.67. The lowest BCUT2D eigenvalue weighted by atomic mass is 9.99. The number of rotatable bonds is 8. The smallest absolute Gasteiger partial charge is 0.209 e. The second kappa shape index (κ2) is 8.58. The molecule has 2 aliphatic rings. The maximum atomic E-state index is 11.6. The molecular formula is C17H27ClN2O4S. The van der Waals surface area contributed by atoms with E-state index in [2.05, 4.69) is 9.62 Å². The molecule has 2 atom stereocenters. The molecule has 2 fully saturated rings. The van der Waals surface area contributed by atoms with Gasteiger partial charge >= 0.3 is 0 Å². The van der Waals surface area contributed by atoms with Crippen LogP contribution in [0.4, 0.5) is 0 Å². The molecule has 1 N–H and O–H groups in total. The Morgan fingerprint density at radius 2 is 1.96 bits per heavy atom. The van der Waals surface area contributed by atoms with Crippen LogP contribution in [-0.2, 0) is 10.0 Å². The number of ether oxygens (including phenoxy) is 2. The summed E-state index contributed by atoms with van der Waals surface area (Å²) < 4.78 is 37.0. The highest BCUT2D eigenvalue weighted by Crippen LogP contribution is 2.41. The molecule has 1 aliphatic carbocycles. The van der Waals surface area contributed by atoms with Gasteiger partial charge in [0.05, 0.1) is 13.4 Å². The number of halogens is 1. The molecule has 1 saturated heterocycles. The molecule has 0 unspecified atom stereocenters. The van der Waals surface area contributed by atoms with E-state index in [4.69, 9.17) is 9.47 Å². The third-order valence-corrected chi connectivity index (χ3v) is 5.48. The molecule has 3 rings (SSSR count). The molecule has 0 radical (unpaired) electrons. The molecule has 6 nitrogen and oxygen atoms in total. The maximum absolute atomic E-state index is 11.6. The first-order chi connectivity index (χ1) is 11.4. The third-order valence-electron chi connectivity index (χ3n) is 4.75. The van der Waals surface area contributed by atoms with E-state index < -0.39 is 10.0 Å². The fraction of sp³-hybridized carbons (Fsp3) is 0.647. The predicted molar refractivity (Wildman–Crippen MR) is 100 cm³/mol. The summed E-state index contributed by atoms with van der Waals surface area (Å²) in [6.45, 7) is 3.08. The highest BCUT2D eigenvalue weighted by atomic mass is 35.5. The molecule has 25 heavy (non-hydrogen) atoms. The molecule has 0 aromatic heterocycles. The van der Waals surface area contributed by atoms with E-state index in [-0.39, 0.29) is 18.4 Å². The van der Waals surface area contributed by atoms with Crippen LogP contribution in [-0.4, -0.2) is 59.0 Å². The highest BCUT2D eigenvalue weighted by molar-refractivity contribution is 7.88. The quantitative estimate of drug-likeness (QED) is 0.732. The molecule has 1 aliphatic heterocycles. The summed E-state index contributed by atoms with van der Waals surface area (Å²) in [5.41, 5.74) is 0. The van der Waals surface area contributed by atoms with E-state index in [0.717, 1.165) is 31.1 Å². The number of nitrogens with zero attached hydrogens (tertiary/aromatic N) is 1. The topological polar surface area (TPSA) is 67.9 Å². The van der Waals surface area contributed by atoms with E-state index in [0.29, 0.717) is 18.4 Å². The Hall–Kier alpha value is -1.02. The highest BCUT2D eigenvalue weighted by Gasteiger charge is 2.43. The molecule has 0 bridgehead atoms. The van der Waals surface area contributed by atoms with Crippen molar-refractivity contribution >= 4 is 22.4 Å². The normalized spacial score (nSPS) is 23.9.